The SMILES string of the molecule is CN(CCCc1cccc(N)c1)CC(C)(C)C. The Bertz CT molecular complexity index is 339. The summed E-state index contributed by atoms with van der Waals surface area (Å²) >= 11 is 0. The van der Waals surface area contributed by atoms with Crippen LogP contribution in [0.5, 0.6) is 0 Å². The van der Waals surface area contributed by atoms with Crippen LogP contribution in [0.3, 0.4) is 0 Å². The number of nitrogens with zero attached hydrogens (tertiary/aromatic N) is 1. The highest BCUT2D eigenvalue weighted by atomic mass is 15.1. The van der Waals surface area contributed by atoms with Crippen LogP contribution >= 0.6 is 0 Å². The second-order valence-corrected chi connectivity index (χ2v) is 6.15. The van der Waals surface area contributed by atoms with Crippen molar-refractivity contribution >= 4 is 5.69 Å². The van der Waals surface area contributed by atoms with Gasteiger partial charge in [0.1, 0.15) is 0 Å². The quantitative estimate of drug-likeness (QED) is 0.793. The molecule has 0 unspecified atom stereocenters. The van der Waals surface area contributed by atoms with Gasteiger partial charge in [-0.05, 0) is 49.5 Å². The van der Waals surface area contributed by atoms with E-state index in [1.807, 2.05) is 12.1 Å². The highest BCUT2D eigenvalue weighted by Crippen LogP contribution is 2.15. The van der Waals surface area contributed by atoms with E-state index in [1.54, 1.807) is 0 Å². The Morgan fingerprint density at radius 3 is 2.53 bits per heavy atom. The number of aryl methyl sites for hydroxylation is 1. The van der Waals surface area contributed by atoms with Crippen LogP contribution in [-0.2, 0) is 6.42 Å². The monoisotopic (exact) mass is 234 g/mol. The highest BCUT2D eigenvalue weighted by Gasteiger charge is 2.12. The molecule has 0 heterocycles. The van der Waals surface area contributed by atoms with E-state index < -0.39 is 0 Å². The average Bonchev–Trinajstić information content (AvgIpc) is 2.14. The molecule has 17 heavy (non-hydrogen) atoms. The number of nitrogens with two attached hydrogens (primary N) is 1. The number of rotatable bonds is 5. The third kappa shape index (κ3) is 6.32. The summed E-state index contributed by atoms with van der Waals surface area (Å²) < 4.78 is 0. The van der Waals surface area contributed by atoms with Gasteiger partial charge in [0, 0.05) is 12.2 Å². The average molecular weight is 234 g/mol. The maximum atomic E-state index is 5.76. The van der Waals surface area contributed by atoms with E-state index in [1.165, 1.54) is 12.0 Å². The van der Waals surface area contributed by atoms with Gasteiger partial charge in [0.2, 0.25) is 0 Å². The minimum Gasteiger partial charge on any atom is -0.399 e. The molecule has 0 aliphatic carbocycles. The van der Waals surface area contributed by atoms with Gasteiger partial charge in [-0.2, -0.15) is 0 Å². The molecule has 2 heteroatoms. The first-order chi connectivity index (χ1) is 7.87. The molecule has 1 rings (SSSR count). The molecule has 0 aliphatic heterocycles. The van der Waals surface area contributed by atoms with E-state index >= 15 is 0 Å². The fraction of sp³-hybridized carbons (Fsp3) is 0.600. The van der Waals surface area contributed by atoms with Crippen LogP contribution in [0.1, 0.15) is 32.8 Å². The van der Waals surface area contributed by atoms with E-state index in [-0.39, 0.29) is 0 Å². The van der Waals surface area contributed by atoms with Crippen molar-refractivity contribution in [2.45, 2.75) is 33.6 Å². The van der Waals surface area contributed by atoms with Crippen molar-refractivity contribution in [1.29, 1.82) is 0 Å². The van der Waals surface area contributed by atoms with Crippen molar-refractivity contribution in [2.24, 2.45) is 5.41 Å². The van der Waals surface area contributed by atoms with Gasteiger partial charge in [0.25, 0.3) is 0 Å². The van der Waals surface area contributed by atoms with Gasteiger partial charge in [0.15, 0.2) is 0 Å². The van der Waals surface area contributed by atoms with E-state index in [0.29, 0.717) is 5.41 Å². The molecule has 0 saturated heterocycles. The fourth-order valence-corrected chi connectivity index (χ4v) is 2.19. The summed E-state index contributed by atoms with van der Waals surface area (Å²) in [6.07, 6.45) is 2.30. The van der Waals surface area contributed by atoms with E-state index in [0.717, 1.165) is 25.2 Å². The lowest BCUT2D eigenvalue weighted by Crippen LogP contribution is -2.30. The molecule has 0 saturated carbocycles. The van der Waals surface area contributed by atoms with Crippen molar-refractivity contribution in [2.75, 3.05) is 25.9 Å². The smallest absolute Gasteiger partial charge is 0.0316 e. The molecular formula is C15H26N2. The summed E-state index contributed by atoms with van der Waals surface area (Å²) in [7, 11) is 2.20. The van der Waals surface area contributed by atoms with Gasteiger partial charge >= 0.3 is 0 Å². The van der Waals surface area contributed by atoms with Crippen LogP contribution in [0.15, 0.2) is 24.3 Å². The minimum atomic E-state index is 0.381. The van der Waals surface area contributed by atoms with E-state index in [2.05, 4.69) is 44.9 Å². The molecule has 0 amide bonds. The van der Waals surface area contributed by atoms with Crippen molar-refractivity contribution in [1.82, 2.24) is 4.90 Å². The molecule has 0 atom stereocenters. The molecule has 1 aromatic rings. The summed E-state index contributed by atoms with van der Waals surface area (Å²) in [6.45, 7) is 9.13. The second kappa shape index (κ2) is 6.06. The van der Waals surface area contributed by atoms with Crippen molar-refractivity contribution < 1.29 is 0 Å². The molecule has 0 radical (unpaired) electrons. The van der Waals surface area contributed by atoms with Crippen LogP contribution in [0.4, 0.5) is 5.69 Å². The zero-order valence-electron chi connectivity index (χ0n) is 11.7. The van der Waals surface area contributed by atoms with Crippen LogP contribution in [0.2, 0.25) is 0 Å². The number of anilines is 1. The normalized spacial score (nSPS) is 12.1. The predicted molar refractivity (Wildman–Crippen MR) is 76.1 cm³/mol. The Morgan fingerprint density at radius 2 is 1.94 bits per heavy atom. The van der Waals surface area contributed by atoms with Gasteiger partial charge in [0.05, 0.1) is 0 Å². The van der Waals surface area contributed by atoms with E-state index in [9.17, 15) is 0 Å². The van der Waals surface area contributed by atoms with Crippen molar-refractivity contribution in [3.63, 3.8) is 0 Å². The van der Waals surface area contributed by atoms with Crippen molar-refractivity contribution in [3.8, 4) is 0 Å². The minimum absolute atomic E-state index is 0.381. The molecule has 1 aromatic carbocycles. The lowest BCUT2D eigenvalue weighted by Gasteiger charge is -2.26. The molecule has 0 spiro atoms. The van der Waals surface area contributed by atoms with Gasteiger partial charge < -0.3 is 10.6 Å². The summed E-state index contributed by atoms with van der Waals surface area (Å²) in [4.78, 5) is 2.41. The molecule has 0 bridgehead atoms. The van der Waals surface area contributed by atoms with Crippen LogP contribution in [0, 0.1) is 5.41 Å². The Balaban J connectivity index is 2.28. The Kier molecular flexibility index (Phi) is 5.01. The lowest BCUT2D eigenvalue weighted by atomic mass is 9.96. The standard InChI is InChI=1S/C15H26N2/c1-15(2,3)12-17(4)10-6-8-13-7-5-9-14(16)11-13/h5,7,9,11H,6,8,10,12,16H2,1-4H3. The first kappa shape index (κ1) is 14.0. The first-order valence-corrected chi connectivity index (χ1v) is 6.40. The summed E-state index contributed by atoms with van der Waals surface area (Å²) in [5.74, 6) is 0. The predicted octanol–water partition coefficient (Wildman–Crippen LogP) is 3.18. The second-order valence-electron chi connectivity index (χ2n) is 6.15. The Morgan fingerprint density at radius 1 is 1.24 bits per heavy atom. The maximum absolute atomic E-state index is 5.76. The first-order valence-electron chi connectivity index (χ1n) is 6.40. The third-order valence-electron chi connectivity index (χ3n) is 2.70. The zero-order valence-corrected chi connectivity index (χ0v) is 11.7. The fourth-order valence-electron chi connectivity index (χ4n) is 2.19. The molecule has 0 fully saturated rings. The number of hydrogen-bond acceptors (Lipinski definition) is 2. The van der Waals surface area contributed by atoms with Gasteiger partial charge in [-0.3, -0.25) is 0 Å². The molecular weight excluding hydrogens is 208 g/mol. The summed E-state index contributed by atoms with van der Waals surface area (Å²) in [5, 5.41) is 0. The van der Waals surface area contributed by atoms with Gasteiger partial charge in [-0.15, -0.1) is 0 Å². The molecule has 0 aliphatic rings. The van der Waals surface area contributed by atoms with Gasteiger partial charge in [-0.1, -0.05) is 32.9 Å². The summed E-state index contributed by atoms with van der Waals surface area (Å²) in [5.41, 5.74) is 8.35. The third-order valence-corrected chi connectivity index (χ3v) is 2.70. The number of benzene rings is 1. The van der Waals surface area contributed by atoms with Crippen LogP contribution in [0.25, 0.3) is 0 Å². The molecule has 2 N–H and O–H groups in total. The Labute approximate surface area is 106 Å². The van der Waals surface area contributed by atoms with Crippen molar-refractivity contribution in [3.05, 3.63) is 29.8 Å². The van der Waals surface area contributed by atoms with E-state index in [4.69, 9.17) is 5.73 Å². The van der Waals surface area contributed by atoms with Gasteiger partial charge in [-0.25, -0.2) is 0 Å². The Hall–Kier alpha value is -1.02. The summed E-state index contributed by atoms with van der Waals surface area (Å²) in [6, 6.07) is 8.20. The highest BCUT2D eigenvalue weighted by molar-refractivity contribution is 5.40. The molecule has 0 aromatic heterocycles. The van der Waals surface area contributed by atoms with Crippen LogP contribution < -0.4 is 5.73 Å². The molecule has 96 valence electrons. The number of hydrogen-bond donors (Lipinski definition) is 1. The molecule has 2 nitrogen and oxygen atoms in total. The van der Waals surface area contributed by atoms with Crippen LogP contribution in [-0.4, -0.2) is 25.0 Å². The number of nitrogen functional groups attached to an aromatic ring is 1. The maximum Gasteiger partial charge on any atom is 0.0316 e. The zero-order chi connectivity index (χ0) is 12.9. The topological polar surface area (TPSA) is 29.3 Å². The largest absolute Gasteiger partial charge is 0.399 e. The lowest BCUT2D eigenvalue weighted by molar-refractivity contribution is 0.225.